The first-order valence-corrected chi connectivity index (χ1v) is 5.83. The summed E-state index contributed by atoms with van der Waals surface area (Å²) in [5, 5.41) is 9.62. The number of fused-ring (bicyclic) bond motifs is 1. The van der Waals surface area contributed by atoms with E-state index in [0.717, 1.165) is 16.3 Å². The monoisotopic (exact) mass is 263 g/mol. The molecule has 0 aliphatic rings. The number of carboxylic acids is 1. The SMILES string of the molecule is O=C(O)c1coc(-c2cc3ccc(F)cc3s2)n1. The molecule has 0 aliphatic heterocycles. The standard InChI is InChI=1S/C12H6FNO3S/c13-7-2-1-6-3-10(18-9(6)4-7)11-14-8(5-17-11)12(15)16/h1-5H,(H,15,16). The van der Waals surface area contributed by atoms with Crippen molar-refractivity contribution in [3.8, 4) is 10.8 Å². The van der Waals surface area contributed by atoms with Gasteiger partial charge in [0.1, 0.15) is 12.1 Å². The number of carbonyl (C=O) groups is 1. The molecule has 2 heterocycles. The zero-order valence-corrected chi connectivity index (χ0v) is 9.70. The third-order valence-electron chi connectivity index (χ3n) is 2.42. The fraction of sp³-hybridized carbons (Fsp3) is 0. The van der Waals surface area contributed by atoms with E-state index in [9.17, 15) is 9.18 Å². The average molecular weight is 263 g/mol. The van der Waals surface area contributed by atoms with Crippen molar-refractivity contribution in [2.45, 2.75) is 0 Å². The normalized spacial score (nSPS) is 10.9. The molecule has 0 saturated heterocycles. The molecule has 0 saturated carbocycles. The lowest BCUT2D eigenvalue weighted by Crippen LogP contribution is -1.95. The highest BCUT2D eigenvalue weighted by Crippen LogP contribution is 2.33. The maximum Gasteiger partial charge on any atom is 0.357 e. The number of benzene rings is 1. The first-order valence-electron chi connectivity index (χ1n) is 5.02. The number of carboxylic acid groups (broad SMARTS) is 1. The average Bonchev–Trinajstić information content (AvgIpc) is 2.93. The van der Waals surface area contributed by atoms with Crippen LogP contribution in [0.5, 0.6) is 0 Å². The molecule has 0 unspecified atom stereocenters. The van der Waals surface area contributed by atoms with Crippen molar-refractivity contribution >= 4 is 27.4 Å². The van der Waals surface area contributed by atoms with Crippen LogP contribution in [-0.2, 0) is 0 Å². The van der Waals surface area contributed by atoms with Crippen LogP contribution in [0.15, 0.2) is 34.9 Å². The Morgan fingerprint density at radius 1 is 1.39 bits per heavy atom. The second kappa shape index (κ2) is 3.92. The number of hydrogen-bond acceptors (Lipinski definition) is 4. The highest BCUT2D eigenvalue weighted by molar-refractivity contribution is 7.22. The number of halogens is 1. The van der Waals surface area contributed by atoms with E-state index in [1.54, 1.807) is 12.1 Å². The minimum Gasteiger partial charge on any atom is -0.476 e. The van der Waals surface area contributed by atoms with Crippen molar-refractivity contribution in [1.29, 1.82) is 0 Å². The molecule has 0 fully saturated rings. The Hall–Kier alpha value is -2.21. The second-order valence-electron chi connectivity index (χ2n) is 3.64. The van der Waals surface area contributed by atoms with Crippen molar-refractivity contribution in [2.24, 2.45) is 0 Å². The molecule has 2 aromatic heterocycles. The third-order valence-corrected chi connectivity index (χ3v) is 3.50. The summed E-state index contributed by atoms with van der Waals surface area (Å²) in [6.45, 7) is 0. The van der Waals surface area contributed by atoms with E-state index >= 15 is 0 Å². The van der Waals surface area contributed by atoms with E-state index in [-0.39, 0.29) is 17.4 Å². The van der Waals surface area contributed by atoms with E-state index in [1.807, 2.05) is 0 Å². The zero-order chi connectivity index (χ0) is 12.7. The van der Waals surface area contributed by atoms with Crippen LogP contribution in [0.2, 0.25) is 0 Å². The Morgan fingerprint density at radius 2 is 2.22 bits per heavy atom. The van der Waals surface area contributed by atoms with Gasteiger partial charge < -0.3 is 9.52 Å². The Bertz CT molecular complexity index is 747. The van der Waals surface area contributed by atoms with Crippen LogP contribution in [0.1, 0.15) is 10.5 Å². The lowest BCUT2D eigenvalue weighted by molar-refractivity contribution is 0.0690. The van der Waals surface area contributed by atoms with Gasteiger partial charge in [-0.3, -0.25) is 0 Å². The highest BCUT2D eigenvalue weighted by Gasteiger charge is 2.14. The molecule has 3 rings (SSSR count). The summed E-state index contributed by atoms with van der Waals surface area (Å²) in [5.41, 5.74) is -0.145. The van der Waals surface area contributed by atoms with Gasteiger partial charge in [0.25, 0.3) is 0 Å². The largest absolute Gasteiger partial charge is 0.476 e. The van der Waals surface area contributed by atoms with Crippen LogP contribution in [0.25, 0.3) is 20.9 Å². The Balaban J connectivity index is 2.10. The van der Waals surface area contributed by atoms with Gasteiger partial charge in [0.2, 0.25) is 5.89 Å². The summed E-state index contributed by atoms with van der Waals surface area (Å²) in [7, 11) is 0. The quantitative estimate of drug-likeness (QED) is 0.769. The topological polar surface area (TPSA) is 63.3 Å². The summed E-state index contributed by atoms with van der Waals surface area (Å²) in [5.74, 6) is -1.22. The minimum atomic E-state index is -1.14. The molecule has 0 aliphatic carbocycles. The Kier molecular flexibility index (Phi) is 2.38. The van der Waals surface area contributed by atoms with Gasteiger partial charge in [0.05, 0.1) is 4.88 Å². The predicted octanol–water partition coefficient (Wildman–Crippen LogP) is 3.39. The van der Waals surface area contributed by atoms with Crippen LogP contribution in [0, 0.1) is 5.82 Å². The van der Waals surface area contributed by atoms with Gasteiger partial charge in [-0.05, 0) is 23.6 Å². The molecule has 3 aromatic rings. The number of oxazole rings is 1. The Morgan fingerprint density at radius 3 is 2.94 bits per heavy atom. The van der Waals surface area contributed by atoms with Crippen molar-refractivity contribution in [2.75, 3.05) is 0 Å². The maximum atomic E-state index is 13.0. The molecule has 1 aromatic carbocycles. The van der Waals surface area contributed by atoms with Crippen molar-refractivity contribution in [1.82, 2.24) is 4.98 Å². The zero-order valence-electron chi connectivity index (χ0n) is 8.88. The van der Waals surface area contributed by atoms with Crippen LogP contribution < -0.4 is 0 Å². The summed E-state index contributed by atoms with van der Waals surface area (Å²) in [4.78, 5) is 15.2. The van der Waals surface area contributed by atoms with Crippen molar-refractivity contribution in [3.63, 3.8) is 0 Å². The van der Waals surface area contributed by atoms with E-state index < -0.39 is 5.97 Å². The van der Waals surface area contributed by atoms with Gasteiger partial charge in [-0.25, -0.2) is 14.2 Å². The van der Waals surface area contributed by atoms with Crippen molar-refractivity contribution < 1.29 is 18.7 Å². The van der Waals surface area contributed by atoms with Gasteiger partial charge in [0.15, 0.2) is 5.69 Å². The number of hydrogen-bond donors (Lipinski definition) is 1. The molecule has 0 radical (unpaired) electrons. The fourth-order valence-electron chi connectivity index (χ4n) is 1.60. The number of thiophene rings is 1. The van der Waals surface area contributed by atoms with Gasteiger partial charge >= 0.3 is 5.97 Å². The van der Waals surface area contributed by atoms with Crippen LogP contribution in [-0.4, -0.2) is 16.1 Å². The van der Waals surface area contributed by atoms with E-state index in [4.69, 9.17) is 9.52 Å². The van der Waals surface area contributed by atoms with Gasteiger partial charge in [-0.2, -0.15) is 0 Å². The highest BCUT2D eigenvalue weighted by atomic mass is 32.1. The molecular formula is C12H6FNO3S. The smallest absolute Gasteiger partial charge is 0.357 e. The molecule has 18 heavy (non-hydrogen) atoms. The van der Waals surface area contributed by atoms with Gasteiger partial charge in [-0.1, -0.05) is 6.07 Å². The number of rotatable bonds is 2. The molecule has 6 heteroatoms. The number of aromatic carboxylic acids is 1. The van der Waals surface area contributed by atoms with Crippen LogP contribution in [0.4, 0.5) is 4.39 Å². The molecule has 0 atom stereocenters. The lowest BCUT2D eigenvalue weighted by atomic mass is 10.2. The summed E-state index contributed by atoms with van der Waals surface area (Å²) >= 11 is 1.30. The van der Waals surface area contributed by atoms with E-state index in [0.29, 0.717) is 4.88 Å². The molecule has 0 amide bonds. The lowest BCUT2D eigenvalue weighted by Gasteiger charge is -1.86. The van der Waals surface area contributed by atoms with Gasteiger partial charge in [-0.15, -0.1) is 11.3 Å². The first kappa shape index (κ1) is 10.9. The fourth-order valence-corrected chi connectivity index (χ4v) is 2.62. The number of nitrogens with zero attached hydrogens (tertiary/aromatic N) is 1. The Labute approximate surface area is 104 Å². The predicted molar refractivity (Wildman–Crippen MR) is 64.2 cm³/mol. The summed E-state index contributed by atoms with van der Waals surface area (Å²) in [6, 6.07) is 6.24. The van der Waals surface area contributed by atoms with Gasteiger partial charge in [0, 0.05) is 4.70 Å². The van der Waals surface area contributed by atoms with Crippen LogP contribution >= 0.6 is 11.3 Å². The molecule has 4 nitrogen and oxygen atoms in total. The first-order chi connectivity index (χ1) is 8.63. The van der Waals surface area contributed by atoms with Crippen LogP contribution in [0.3, 0.4) is 0 Å². The number of aromatic nitrogens is 1. The van der Waals surface area contributed by atoms with Crippen molar-refractivity contribution in [3.05, 3.63) is 42.0 Å². The molecule has 90 valence electrons. The molecule has 1 N–H and O–H groups in total. The molecule has 0 bridgehead atoms. The summed E-state index contributed by atoms with van der Waals surface area (Å²) in [6.07, 6.45) is 1.09. The van der Waals surface area contributed by atoms with E-state index in [2.05, 4.69) is 4.98 Å². The molecule has 0 spiro atoms. The third kappa shape index (κ3) is 1.76. The maximum absolute atomic E-state index is 13.0. The second-order valence-corrected chi connectivity index (χ2v) is 4.72. The van der Waals surface area contributed by atoms with E-state index in [1.165, 1.54) is 23.5 Å². The summed E-state index contributed by atoms with van der Waals surface area (Å²) < 4.78 is 18.9. The molecular weight excluding hydrogens is 257 g/mol. The minimum absolute atomic E-state index is 0.145.